The number of halogens is 1. The lowest BCUT2D eigenvalue weighted by atomic mass is 9.80. The van der Waals surface area contributed by atoms with E-state index in [4.69, 9.17) is 9.47 Å². The highest BCUT2D eigenvalue weighted by molar-refractivity contribution is 9.10. The van der Waals surface area contributed by atoms with Crippen molar-refractivity contribution in [2.24, 2.45) is 0 Å². The maximum atomic E-state index is 12.6. The van der Waals surface area contributed by atoms with Gasteiger partial charge in [0.1, 0.15) is 5.57 Å². The van der Waals surface area contributed by atoms with E-state index < -0.39 is 11.6 Å². The Labute approximate surface area is 151 Å². The maximum Gasteiger partial charge on any atom is 0.343 e. The summed E-state index contributed by atoms with van der Waals surface area (Å²) in [5.74, 6) is -0.339. The van der Waals surface area contributed by atoms with Gasteiger partial charge in [-0.1, -0.05) is 22.0 Å². The first-order chi connectivity index (χ1) is 11.3. The smallest absolute Gasteiger partial charge is 0.343 e. The molecular formula is C19H23BrO4. The van der Waals surface area contributed by atoms with Gasteiger partial charge in [-0.25, -0.2) is 4.79 Å². The summed E-state index contributed by atoms with van der Waals surface area (Å²) < 4.78 is 12.1. The first-order valence-electron chi connectivity index (χ1n) is 8.27. The first kappa shape index (κ1) is 17.5. The van der Waals surface area contributed by atoms with Gasteiger partial charge in [-0.3, -0.25) is 0 Å². The number of aliphatic hydroxyl groups is 1. The van der Waals surface area contributed by atoms with Gasteiger partial charge in [-0.2, -0.15) is 0 Å². The molecule has 4 nitrogen and oxygen atoms in total. The van der Waals surface area contributed by atoms with Crippen LogP contribution in [-0.2, 0) is 14.3 Å². The molecule has 0 amide bonds. The quantitative estimate of drug-likeness (QED) is 0.748. The predicted molar refractivity (Wildman–Crippen MR) is 96.0 cm³/mol. The number of ether oxygens (including phenoxy) is 2. The van der Waals surface area contributed by atoms with Crippen molar-refractivity contribution in [2.45, 2.75) is 58.2 Å². The summed E-state index contributed by atoms with van der Waals surface area (Å²) in [6.07, 6.45) is 2.91. The molecule has 1 aromatic carbocycles. The van der Waals surface area contributed by atoms with Gasteiger partial charge in [0.25, 0.3) is 0 Å². The van der Waals surface area contributed by atoms with Crippen molar-refractivity contribution in [3.8, 4) is 0 Å². The van der Waals surface area contributed by atoms with Gasteiger partial charge in [0, 0.05) is 11.6 Å². The summed E-state index contributed by atoms with van der Waals surface area (Å²) >= 11 is 3.58. The van der Waals surface area contributed by atoms with Crippen LogP contribution in [0.15, 0.2) is 16.3 Å². The molecule has 24 heavy (non-hydrogen) atoms. The minimum Gasteiger partial charge on any atom is -0.507 e. The van der Waals surface area contributed by atoms with Crippen molar-refractivity contribution in [2.75, 3.05) is 7.11 Å². The summed E-state index contributed by atoms with van der Waals surface area (Å²) in [4.78, 5) is 12.6. The molecule has 5 heteroatoms. The predicted octanol–water partition coefficient (Wildman–Crippen LogP) is 4.53. The fraction of sp³-hybridized carbons (Fsp3) is 0.526. The van der Waals surface area contributed by atoms with Crippen molar-refractivity contribution in [1.82, 2.24) is 0 Å². The van der Waals surface area contributed by atoms with Gasteiger partial charge in [-0.05, 0) is 68.7 Å². The van der Waals surface area contributed by atoms with Gasteiger partial charge < -0.3 is 14.6 Å². The number of benzene rings is 1. The van der Waals surface area contributed by atoms with Crippen LogP contribution in [-0.4, -0.2) is 29.9 Å². The van der Waals surface area contributed by atoms with Crippen LogP contribution in [0.5, 0.6) is 0 Å². The van der Waals surface area contributed by atoms with Crippen LogP contribution in [0.4, 0.5) is 0 Å². The lowest BCUT2D eigenvalue weighted by molar-refractivity contribution is -0.151. The monoisotopic (exact) mass is 394 g/mol. The Bertz CT molecular complexity index is 727. The fourth-order valence-electron chi connectivity index (χ4n) is 4.00. The van der Waals surface area contributed by atoms with Gasteiger partial charge in [0.05, 0.1) is 6.10 Å². The zero-order chi connectivity index (χ0) is 17.6. The Kier molecular flexibility index (Phi) is 4.51. The molecule has 1 aliphatic carbocycles. The standard InChI is InChI=1S/C19H23BrO4/c1-10-9-11(2)16(20)12(3)14(10)15-17(21)19(24-18(15)22)7-5-13(23-4)6-8-19/h9,13,21H,5-8H2,1-4H3. The van der Waals surface area contributed by atoms with Gasteiger partial charge >= 0.3 is 5.97 Å². The van der Waals surface area contributed by atoms with Crippen molar-refractivity contribution in [3.63, 3.8) is 0 Å². The summed E-state index contributed by atoms with van der Waals surface area (Å²) in [5, 5.41) is 10.9. The van der Waals surface area contributed by atoms with Crippen molar-refractivity contribution in [3.05, 3.63) is 38.6 Å². The van der Waals surface area contributed by atoms with Crippen molar-refractivity contribution in [1.29, 1.82) is 0 Å². The Morgan fingerprint density at radius 2 is 1.88 bits per heavy atom. The largest absolute Gasteiger partial charge is 0.507 e. The summed E-state index contributed by atoms with van der Waals surface area (Å²) in [6, 6.07) is 2.02. The molecular weight excluding hydrogens is 372 g/mol. The second-order valence-corrected chi connectivity index (χ2v) is 7.66. The maximum absolute atomic E-state index is 12.6. The molecule has 1 spiro atoms. The van der Waals surface area contributed by atoms with Crippen molar-refractivity contribution < 1.29 is 19.4 Å². The first-order valence-corrected chi connectivity index (χ1v) is 9.06. The number of hydrogen-bond donors (Lipinski definition) is 1. The van der Waals surface area contributed by atoms with E-state index in [9.17, 15) is 9.90 Å². The topological polar surface area (TPSA) is 55.8 Å². The zero-order valence-corrected chi connectivity index (χ0v) is 16.1. The third kappa shape index (κ3) is 2.58. The number of aryl methyl sites for hydroxylation is 2. The van der Waals surface area contributed by atoms with E-state index in [2.05, 4.69) is 15.9 Å². The zero-order valence-electron chi connectivity index (χ0n) is 14.5. The highest BCUT2D eigenvalue weighted by Gasteiger charge is 2.51. The van der Waals surface area contributed by atoms with Gasteiger partial charge in [0.15, 0.2) is 11.4 Å². The number of hydrogen-bond acceptors (Lipinski definition) is 4. The molecule has 0 saturated heterocycles. The highest BCUT2D eigenvalue weighted by atomic mass is 79.9. The Morgan fingerprint density at radius 1 is 1.25 bits per heavy atom. The molecule has 0 unspecified atom stereocenters. The Balaban J connectivity index is 2.09. The van der Waals surface area contributed by atoms with Gasteiger partial charge in [0.2, 0.25) is 0 Å². The van der Waals surface area contributed by atoms with Crippen LogP contribution in [0.25, 0.3) is 5.57 Å². The van der Waals surface area contributed by atoms with E-state index in [1.165, 1.54) is 0 Å². The second-order valence-electron chi connectivity index (χ2n) is 6.87. The third-order valence-electron chi connectivity index (χ3n) is 5.36. The van der Waals surface area contributed by atoms with E-state index in [1.54, 1.807) is 7.11 Å². The van der Waals surface area contributed by atoms with E-state index in [1.807, 2.05) is 26.8 Å². The van der Waals surface area contributed by atoms with Crippen LogP contribution in [0.3, 0.4) is 0 Å². The molecule has 0 radical (unpaired) electrons. The van der Waals surface area contributed by atoms with Crippen LogP contribution in [0.1, 0.15) is 47.9 Å². The SMILES string of the molecule is COC1CCC2(CC1)OC(=O)C(c1c(C)cc(C)c(Br)c1C)=C2O. The number of carbonyl (C=O) groups excluding carboxylic acids is 1. The minimum atomic E-state index is -0.877. The number of aliphatic hydroxyl groups excluding tert-OH is 1. The van der Waals surface area contributed by atoms with Crippen molar-refractivity contribution >= 4 is 27.5 Å². The molecule has 130 valence electrons. The normalized spacial score (nSPS) is 27.0. The molecule has 0 bridgehead atoms. The average molecular weight is 395 g/mol. The molecule has 1 fully saturated rings. The molecule has 1 N–H and O–H groups in total. The Hall–Kier alpha value is -1.33. The molecule has 1 aliphatic heterocycles. The fourth-order valence-corrected chi connectivity index (χ4v) is 4.31. The van der Waals surface area contributed by atoms with E-state index in [0.29, 0.717) is 18.4 Å². The van der Waals surface area contributed by atoms with Crippen LogP contribution >= 0.6 is 15.9 Å². The van der Waals surface area contributed by atoms with Gasteiger partial charge in [-0.15, -0.1) is 0 Å². The molecule has 3 rings (SSSR count). The number of esters is 1. The molecule has 1 heterocycles. The molecule has 0 atom stereocenters. The summed E-state index contributed by atoms with van der Waals surface area (Å²) in [6.45, 7) is 5.94. The van der Waals surface area contributed by atoms with Crippen LogP contribution in [0, 0.1) is 20.8 Å². The highest BCUT2D eigenvalue weighted by Crippen LogP contribution is 2.47. The molecule has 0 aromatic heterocycles. The van der Waals surface area contributed by atoms with Crippen LogP contribution in [0.2, 0.25) is 0 Å². The number of carbonyl (C=O) groups is 1. The molecule has 1 aromatic rings. The van der Waals surface area contributed by atoms with Crippen LogP contribution < -0.4 is 0 Å². The number of methoxy groups -OCH3 is 1. The minimum absolute atomic E-state index is 0.0870. The average Bonchev–Trinajstić information content (AvgIpc) is 2.78. The Morgan fingerprint density at radius 3 is 2.46 bits per heavy atom. The van der Waals surface area contributed by atoms with E-state index >= 15 is 0 Å². The molecule has 2 aliphatic rings. The molecule has 1 saturated carbocycles. The van der Waals surface area contributed by atoms with E-state index in [0.717, 1.165) is 39.6 Å². The second kappa shape index (κ2) is 6.19. The third-order valence-corrected chi connectivity index (χ3v) is 6.58. The van der Waals surface area contributed by atoms with E-state index in [-0.39, 0.29) is 11.9 Å². The number of rotatable bonds is 2. The lowest BCUT2D eigenvalue weighted by Crippen LogP contribution is -2.38. The summed E-state index contributed by atoms with van der Waals surface area (Å²) in [5.41, 5.74) is 3.25. The summed E-state index contributed by atoms with van der Waals surface area (Å²) in [7, 11) is 1.70. The lowest BCUT2D eigenvalue weighted by Gasteiger charge is -2.35.